The zero-order chi connectivity index (χ0) is 13.3. The molecule has 0 aromatic carbocycles. The summed E-state index contributed by atoms with van der Waals surface area (Å²) in [5.41, 5.74) is 0.664. The van der Waals surface area contributed by atoms with Crippen molar-refractivity contribution < 1.29 is 4.74 Å². The van der Waals surface area contributed by atoms with Crippen LogP contribution in [0.4, 0.5) is 5.82 Å². The molecule has 2 rings (SSSR count). The Hall–Kier alpha value is -0.870. The van der Waals surface area contributed by atoms with Crippen LogP contribution in [0.5, 0.6) is 0 Å². The molecule has 0 radical (unpaired) electrons. The molecule has 0 spiro atoms. The monoisotopic (exact) mass is 269 g/mol. The van der Waals surface area contributed by atoms with Crippen molar-refractivity contribution in [3.05, 3.63) is 16.5 Å². The van der Waals surface area contributed by atoms with E-state index in [-0.39, 0.29) is 5.60 Å². The van der Waals surface area contributed by atoms with Gasteiger partial charge in [0.2, 0.25) is 0 Å². The first-order valence-electron chi connectivity index (χ1n) is 6.26. The minimum Gasteiger partial charge on any atom is -0.377 e. The molecular formula is C13H20ClN3O. The van der Waals surface area contributed by atoms with Gasteiger partial charge in [0.25, 0.3) is 0 Å². The van der Waals surface area contributed by atoms with Crippen molar-refractivity contribution in [3.63, 3.8) is 0 Å². The lowest BCUT2D eigenvalue weighted by atomic mass is 10.1. The molecule has 5 heteroatoms. The Kier molecular flexibility index (Phi) is 3.78. The SMILES string of the molecule is COC(C)(C)CNc1nc(C2CC2)nc(Cl)c1C. The number of halogens is 1. The van der Waals surface area contributed by atoms with Gasteiger partial charge < -0.3 is 10.1 Å². The van der Waals surface area contributed by atoms with Crippen molar-refractivity contribution in [2.75, 3.05) is 19.0 Å². The number of rotatable bonds is 5. The largest absolute Gasteiger partial charge is 0.377 e. The molecule has 0 unspecified atom stereocenters. The number of nitrogens with zero attached hydrogens (tertiary/aromatic N) is 2. The summed E-state index contributed by atoms with van der Waals surface area (Å²) in [6, 6.07) is 0. The summed E-state index contributed by atoms with van der Waals surface area (Å²) in [5.74, 6) is 2.18. The van der Waals surface area contributed by atoms with Gasteiger partial charge in [-0.3, -0.25) is 0 Å². The molecule has 1 aromatic heterocycles. The molecule has 18 heavy (non-hydrogen) atoms. The van der Waals surface area contributed by atoms with Crippen molar-refractivity contribution in [2.45, 2.75) is 45.1 Å². The molecule has 1 aliphatic carbocycles. The Bertz CT molecular complexity index is 444. The maximum Gasteiger partial charge on any atom is 0.137 e. The predicted octanol–water partition coefficient (Wildman–Crippen LogP) is 3.15. The average Bonchev–Trinajstić information content (AvgIpc) is 3.15. The molecule has 0 saturated heterocycles. The Morgan fingerprint density at radius 2 is 2.06 bits per heavy atom. The van der Waals surface area contributed by atoms with Crippen LogP contribution < -0.4 is 5.32 Å². The van der Waals surface area contributed by atoms with Gasteiger partial charge in [0.1, 0.15) is 16.8 Å². The fourth-order valence-corrected chi connectivity index (χ4v) is 1.75. The van der Waals surface area contributed by atoms with Crippen molar-refractivity contribution >= 4 is 17.4 Å². The van der Waals surface area contributed by atoms with E-state index in [0.29, 0.717) is 17.6 Å². The van der Waals surface area contributed by atoms with E-state index in [0.717, 1.165) is 17.2 Å². The van der Waals surface area contributed by atoms with E-state index in [9.17, 15) is 0 Å². The van der Waals surface area contributed by atoms with E-state index >= 15 is 0 Å². The molecule has 100 valence electrons. The summed E-state index contributed by atoms with van der Waals surface area (Å²) in [4.78, 5) is 8.91. The van der Waals surface area contributed by atoms with E-state index in [1.807, 2.05) is 20.8 Å². The number of hydrogen-bond donors (Lipinski definition) is 1. The first-order chi connectivity index (χ1) is 8.43. The van der Waals surface area contributed by atoms with Gasteiger partial charge in [-0.05, 0) is 33.6 Å². The third-order valence-electron chi connectivity index (χ3n) is 3.28. The van der Waals surface area contributed by atoms with Crippen LogP contribution in [0.2, 0.25) is 5.15 Å². The van der Waals surface area contributed by atoms with Crippen molar-refractivity contribution in [1.82, 2.24) is 9.97 Å². The lowest BCUT2D eigenvalue weighted by Gasteiger charge is -2.24. The van der Waals surface area contributed by atoms with Crippen molar-refractivity contribution in [2.24, 2.45) is 0 Å². The topological polar surface area (TPSA) is 47.0 Å². The summed E-state index contributed by atoms with van der Waals surface area (Å²) < 4.78 is 5.38. The van der Waals surface area contributed by atoms with Gasteiger partial charge in [-0.25, -0.2) is 9.97 Å². The zero-order valence-corrected chi connectivity index (χ0v) is 12.1. The first-order valence-corrected chi connectivity index (χ1v) is 6.64. The predicted molar refractivity (Wildman–Crippen MR) is 73.3 cm³/mol. The Labute approximate surface area is 113 Å². The van der Waals surface area contributed by atoms with Gasteiger partial charge in [-0.15, -0.1) is 0 Å². The summed E-state index contributed by atoms with van der Waals surface area (Å²) >= 11 is 6.15. The van der Waals surface area contributed by atoms with Crippen LogP contribution in [0.1, 0.15) is 44.0 Å². The van der Waals surface area contributed by atoms with Crippen LogP contribution in [0.15, 0.2) is 0 Å². The van der Waals surface area contributed by atoms with Gasteiger partial charge in [0.05, 0.1) is 5.60 Å². The standard InChI is InChI=1S/C13H20ClN3O/c1-8-10(14)16-12(9-5-6-9)17-11(8)15-7-13(2,3)18-4/h9H,5-7H2,1-4H3,(H,15,16,17). The first kappa shape index (κ1) is 13.6. The maximum atomic E-state index is 6.15. The normalized spacial score (nSPS) is 15.8. The van der Waals surface area contributed by atoms with Crippen LogP contribution in [0.25, 0.3) is 0 Å². The highest BCUT2D eigenvalue weighted by atomic mass is 35.5. The molecule has 4 nitrogen and oxygen atoms in total. The lowest BCUT2D eigenvalue weighted by Crippen LogP contribution is -2.32. The molecule has 1 heterocycles. The molecule has 0 bridgehead atoms. The molecular weight excluding hydrogens is 250 g/mol. The zero-order valence-electron chi connectivity index (χ0n) is 11.4. The number of ether oxygens (including phenoxy) is 1. The quantitative estimate of drug-likeness (QED) is 0.834. The molecule has 0 aliphatic heterocycles. The maximum absolute atomic E-state index is 6.15. The van der Waals surface area contributed by atoms with Crippen LogP contribution in [0.3, 0.4) is 0 Å². The molecule has 0 atom stereocenters. The molecule has 1 saturated carbocycles. The van der Waals surface area contributed by atoms with Gasteiger partial charge in [-0.2, -0.15) is 0 Å². The second-order valence-electron chi connectivity index (χ2n) is 5.44. The van der Waals surface area contributed by atoms with Crippen LogP contribution in [-0.2, 0) is 4.74 Å². The van der Waals surface area contributed by atoms with Gasteiger partial charge in [0, 0.05) is 25.1 Å². The Morgan fingerprint density at radius 3 is 2.61 bits per heavy atom. The lowest BCUT2D eigenvalue weighted by molar-refractivity contribution is 0.0343. The number of aromatic nitrogens is 2. The second kappa shape index (κ2) is 5.02. The Morgan fingerprint density at radius 1 is 1.39 bits per heavy atom. The van der Waals surface area contributed by atoms with Gasteiger partial charge in [0.15, 0.2) is 0 Å². The summed E-state index contributed by atoms with van der Waals surface area (Å²) in [7, 11) is 1.71. The minimum absolute atomic E-state index is 0.233. The number of methoxy groups -OCH3 is 1. The van der Waals surface area contributed by atoms with E-state index in [1.165, 1.54) is 12.8 Å². The number of nitrogens with one attached hydrogen (secondary N) is 1. The second-order valence-corrected chi connectivity index (χ2v) is 5.80. The fourth-order valence-electron chi connectivity index (χ4n) is 1.57. The van der Waals surface area contributed by atoms with Crippen LogP contribution in [0, 0.1) is 6.92 Å². The smallest absolute Gasteiger partial charge is 0.137 e. The highest BCUT2D eigenvalue weighted by Crippen LogP contribution is 2.39. The summed E-state index contributed by atoms with van der Waals surface area (Å²) in [5, 5.41) is 3.85. The van der Waals surface area contributed by atoms with E-state index in [2.05, 4.69) is 15.3 Å². The molecule has 1 N–H and O–H groups in total. The van der Waals surface area contributed by atoms with Crippen molar-refractivity contribution in [1.29, 1.82) is 0 Å². The highest BCUT2D eigenvalue weighted by molar-refractivity contribution is 6.30. The number of anilines is 1. The van der Waals surface area contributed by atoms with Gasteiger partial charge >= 0.3 is 0 Å². The molecule has 0 amide bonds. The van der Waals surface area contributed by atoms with E-state index in [1.54, 1.807) is 7.11 Å². The third-order valence-corrected chi connectivity index (χ3v) is 3.65. The third kappa shape index (κ3) is 3.12. The summed E-state index contributed by atoms with van der Waals surface area (Å²) in [6.45, 7) is 6.67. The van der Waals surface area contributed by atoms with E-state index in [4.69, 9.17) is 16.3 Å². The highest BCUT2D eigenvalue weighted by Gasteiger charge is 2.28. The molecule has 1 aliphatic rings. The minimum atomic E-state index is -0.233. The Balaban J connectivity index is 2.16. The number of hydrogen-bond acceptors (Lipinski definition) is 4. The molecule has 1 aromatic rings. The van der Waals surface area contributed by atoms with Crippen LogP contribution >= 0.6 is 11.6 Å². The van der Waals surface area contributed by atoms with E-state index < -0.39 is 0 Å². The van der Waals surface area contributed by atoms with Gasteiger partial charge in [-0.1, -0.05) is 11.6 Å². The van der Waals surface area contributed by atoms with Crippen molar-refractivity contribution in [3.8, 4) is 0 Å². The van der Waals surface area contributed by atoms with Crippen LogP contribution in [-0.4, -0.2) is 29.2 Å². The molecule has 1 fully saturated rings. The average molecular weight is 270 g/mol. The summed E-state index contributed by atoms with van der Waals surface area (Å²) in [6.07, 6.45) is 2.34. The fraction of sp³-hybridized carbons (Fsp3) is 0.692.